The molecule has 1 saturated heterocycles. The maximum Gasteiger partial charge on any atom is 0.417 e. The minimum Gasteiger partial charge on any atom is -0.368 e. The first-order valence-electron chi connectivity index (χ1n) is 6.83. The monoisotopic (exact) mass is 350 g/mol. The van der Waals surface area contributed by atoms with Crippen LogP contribution in [0.2, 0.25) is 5.02 Å². The van der Waals surface area contributed by atoms with Crippen LogP contribution < -0.4 is 10.6 Å². The van der Waals surface area contributed by atoms with Gasteiger partial charge in [0, 0.05) is 12.3 Å². The molecule has 1 aliphatic heterocycles. The van der Waals surface area contributed by atoms with Crippen molar-refractivity contribution in [3.05, 3.63) is 28.8 Å². The summed E-state index contributed by atoms with van der Waals surface area (Å²) in [7, 11) is 0. The van der Waals surface area contributed by atoms with Crippen LogP contribution in [0.1, 0.15) is 18.4 Å². The number of nitrogens with one attached hydrogen (secondary N) is 2. The molecule has 1 aromatic rings. The fourth-order valence-corrected chi connectivity index (χ4v) is 2.32. The van der Waals surface area contributed by atoms with Gasteiger partial charge in [-0.05, 0) is 31.0 Å². The Hall–Kier alpha value is -1.80. The molecule has 23 heavy (non-hydrogen) atoms. The normalized spacial score (nSPS) is 17.8. The molecule has 1 fully saturated rings. The van der Waals surface area contributed by atoms with Crippen molar-refractivity contribution in [2.75, 3.05) is 18.5 Å². The second kappa shape index (κ2) is 7.18. The van der Waals surface area contributed by atoms with Gasteiger partial charge in [0.1, 0.15) is 6.10 Å². The first kappa shape index (κ1) is 17.6. The quantitative estimate of drug-likeness (QED) is 0.877. The maximum absolute atomic E-state index is 12.7. The molecule has 0 aromatic heterocycles. The predicted molar refractivity (Wildman–Crippen MR) is 77.1 cm³/mol. The fourth-order valence-electron chi connectivity index (χ4n) is 2.09. The van der Waals surface area contributed by atoms with Gasteiger partial charge in [-0.1, -0.05) is 11.6 Å². The number of halogens is 4. The first-order valence-corrected chi connectivity index (χ1v) is 7.21. The predicted octanol–water partition coefficient (Wildman–Crippen LogP) is 2.59. The van der Waals surface area contributed by atoms with Crippen molar-refractivity contribution in [1.29, 1.82) is 0 Å². The number of ether oxygens (including phenoxy) is 1. The van der Waals surface area contributed by atoms with E-state index < -0.39 is 34.7 Å². The van der Waals surface area contributed by atoms with E-state index in [1.165, 1.54) is 6.07 Å². The van der Waals surface area contributed by atoms with Crippen LogP contribution in [-0.2, 0) is 20.5 Å². The van der Waals surface area contributed by atoms with E-state index in [9.17, 15) is 22.8 Å². The number of carbonyl (C=O) groups is 2. The summed E-state index contributed by atoms with van der Waals surface area (Å²) in [5.74, 6) is -1.06. The van der Waals surface area contributed by atoms with Crippen molar-refractivity contribution in [2.24, 2.45) is 0 Å². The molecule has 1 aliphatic rings. The lowest BCUT2D eigenvalue weighted by molar-refractivity contribution is -0.137. The highest BCUT2D eigenvalue weighted by atomic mass is 35.5. The molecule has 1 atom stereocenters. The molecular weight excluding hydrogens is 337 g/mol. The zero-order valence-corrected chi connectivity index (χ0v) is 12.6. The number of hydrogen-bond donors (Lipinski definition) is 2. The van der Waals surface area contributed by atoms with Gasteiger partial charge >= 0.3 is 6.18 Å². The van der Waals surface area contributed by atoms with E-state index in [2.05, 4.69) is 10.6 Å². The van der Waals surface area contributed by atoms with Crippen LogP contribution in [0.5, 0.6) is 0 Å². The van der Waals surface area contributed by atoms with Crippen molar-refractivity contribution in [1.82, 2.24) is 5.32 Å². The minimum atomic E-state index is -4.62. The van der Waals surface area contributed by atoms with Gasteiger partial charge in [-0.2, -0.15) is 13.2 Å². The third-order valence-electron chi connectivity index (χ3n) is 3.20. The van der Waals surface area contributed by atoms with Gasteiger partial charge in [-0.3, -0.25) is 9.59 Å². The van der Waals surface area contributed by atoms with E-state index in [-0.39, 0.29) is 12.2 Å². The van der Waals surface area contributed by atoms with Crippen molar-refractivity contribution in [3.63, 3.8) is 0 Å². The number of benzene rings is 1. The Labute approximate surface area is 135 Å². The second-order valence-electron chi connectivity index (χ2n) is 4.96. The lowest BCUT2D eigenvalue weighted by Gasteiger charge is -2.13. The Bertz CT molecular complexity index is 601. The molecule has 0 bridgehead atoms. The van der Waals surface area contributed by atoms with E-state index in [1.807, 2.05) is 0 Å². The Kier molecular flexibility index (Phi) is 5.48. The topological polar surface area (TPSA) is 67.4 Å². The number of hydrogen-bond acceptors (Lipinski definition) is 3. The van der Waals surface area contributed by atoms with Crippen molar-refractivity contribution in [3.8, 4) is 0 Å². The van der Waals surface area contributed by atoms with Gasteiger partial charge in [0.2, 0.25) is 11.8 Å². The van der Waals surface area contributed by atoms with Crippen LogP contribution in [-0.4, -0.2) is 31.1 Å². The lowest BCUT2D eigenvalue weighted by atomic mass is 10.2. The van der Waals surface area contributed by atoms with Crippen molar-refractivity contribution >= 4 is 29.1 Å². The molecule has 0 spiro atoms. The SMILES string of the molecule is O=C(CNC(=O)C1CCCO1)Nc1ccc(Cl)c(C(F)(F)F)c1. The van der Waals surface area contributed by atoms with E-state index in [0.29, 0.717) is 13.0 Å². The van der Waals surface area contributed by atoms with E-state index in [0.717, 1.165) is 18.6 Å². The summed E-state index contributed by atoms with van der Waals surface area (Å²) in [6.07, 6.45) is -3.84. The van der Waals surface area contributed by atoms with Crippen LogP contribution in [0, 0.1) is 0 Å². The molecule has 0 saturated carbocycles. The molecular formula is C14H14ClF3N2O3. The smallest absolute Gasteiger partial charge is 0.368 e. The molecule has 1 heterocycles. The Morgan fingerprint density at radius 2 is 2.09 bits per heavy atom. The summed E-state index contributed by atoms with van der Waals surface area (Å²) in [5.41, 5.74) is -1.10. The summed E-state index contributed by atoms with van der Waals surface area (Å²) in [6, 6.07) is 3.03. The Morgan fingerprint density at radius 1 is 1.35 bits per heavy atom. The van der Waals surface area contributed by atoms with Gasteiger partial charge in [0.25, 0.3) is 0 Å². The summed E-state index contributed by atoms with van der Waals surface area (Å²) >= 11 is 5.49. The Morgan fingerprint density at radius 3 is 2.70 bits per heavy atom. The molecule has 2 N–H and O–H groups in total. The molecule has 1 unspecified atom stereocenters. The number of anilines is 1. The van der Waals surface area contributed by atoms with Crippen molar-refractivity contribution in [2.45, 2.75) is 25.1 Å². The molecule has 2 rings (SSSR count). The molecule has 5 nitrogen and oxygen atoms in total. The molecule has 0 aliphatic carbocycles. The van der Waals surface area contributed by atoms with Gasteiger partial charge in [-0.15, -0.1) is 0 Å². The largest absolute Gasteiger partial charge is 0.417 e. The highest BCUT2D eigenvalue weighted by Crippen LogP contribution is 2.36. The summed E-state index contributed by atoms with van der Waals surface area (Å²) in [6.45, 7) is 0.137. The average Bonchev–Trinajstić information content (AvgIpc) is 3.00. The standard InChI is InChI=1S/C14H14ClF3N2O3/c15-10-4-3-8(6-9(10)14(16,17)18)20-12(21)7-19-13(22)11-2-1-5-23-11/h3-4,6,11H,1-2,5,7H2,(H,19,22)(H,20,21). The number of rotatable bonds is 4. The zero-order chi connectivity index (χ0) is 17.0. The van der Waals surface area contributed by atoms with Crippen LogP contribution in [0.25, 0.3) is 0 Å². The summed E-state index contributed by atoms with van der Waals surface area (Å²) < 4.78 is 43.3. The summed E-state index contributed by atoms with van der Waals surface area (Å²) in [5, 5.41) is 4.19. The molecule has 126 valence electrons. The van der Waals surface area contributed by atoms with Gasteiger partial charge < -0.3 is 15.4 Å². The number of alkyl halides is 3. The number of amides is 2. The van der Waals surface area contributed by atoms with Gasteiger partial charge in [-0.25, -0.2) is 0 Å². The van der Waals surface area contributed by atoms with Crippen LogP contribution in [0.3, 0.4) is 0 Å². The highest BCUT2D eigenvalue weighted by Gasteiger charge is 2.33. The average molecular weight is 351 g/mol. The van der Waals surface area contributed by atoms with Crippen molar-refractivity contribution < 1.29 is 27.5 Å². The van der Waals surface area contributed by atoms with Crippen LogP contribution in [0.4, 0.5) is 18.9 Å². The minimum absolute atomic E-state index is 0.0573. The molecule has 2 amide bonds. The summed E-state index contributed by atoms with van der Waals surface area (Å²) in [4.78, 5) is 23.3. The highest BCUT2D eigenvalue weighted by molar-refractivity contribution is 6.31. The zero-order valence-electron chi connectivity index (χ0n) is 11.9. The third-order valence-corrected chi connectivity index (χ3v) is 3.53. The lowest BCUT2D eigenvalue weighted by Crippen LogP contribution is -2.39. The first-order chi connectivity index (χ1) is 10.8. The maximum atomic E-state index is 12.7. The van der Waals surface area contributed by atoms with E-state index >= 15 is 0 Å². The number of carbonyl (C=O) groups excluding carboxylic acids is 2. The van der Waals surface area contributed by atoms with E-state index in [4.69, 9.17) is 16.3 Å². The Balaban J connectivity index is 1.91. The molecule has 9 heteroatoms. The third kappa shape index (κ3) is 4.84. The van der Waals surface area contributed by atoms with Gasteiger partial charge in [0.05, 0.1) is 17.1 Å². The van der Waals surface area contributed by atoms with E-state index in [1.54, 1.807) is 0 Å². The van der Waals surface area contributed by atoms with Gasteiger partial charge in [0.15, 0.2) is 0 Å². The van der Waals surface area contributed by atoms with Crippen LogP contribution >= 0.6 is 11.6 Å². The second-order valence-corrected chi connectivity index (χ2v) is 5.37. The fraction of sp³-hybridized carbons (Fsp3) is 0.429. The van der Waals surface area contributed by atoms with Crippen LogP contribution in [0.15, 0.2) is 18.2 Å². The molecule has 1 aromatic carbocycles. The molecule has 0 radical (unpaired) electrons.